The van der Waals surface area contributed by atoms with Crippen molar-refractivity contribution >= 4 is 52.6 Å². The first-order valence-corrected chi connectivity index (χ1v) is 13.1. The molecule has 0 aliphatic heterocycles. The number of amides is 4. The molecule has 0 saturated carbocycles. The van der Waals surface area contributed by atoms with Crippen molar-refractivity contribution < 1.29 is 28.7 Å². The summed E-state index contributed by atoms with van der Waals surface area (Å²) in [6.45, 7) is 5.28. The van der Waals surface area contributed by atoms with Gasteiger partial charge in [0.1, 0.15) is 11.6 Å². The number of hydrogen-bond donors (Lipinski definition) is 4. The highest BCUT2D eigenvalue weighted by Gasteiger charge is 2.26. The molecular formula is C30H31ClN4O6. The topological polar surface area (TPSA) is 143 Å². The maximum atomic E-state index is 13.2. The highest BCUT2D eigenvalue weighted by molar-refractivity contribution is 6.40. The first kappa shape index (κ1) is 30.8. The summed E-state index contributed by atoms with van der Waals surface area (Å²) < 4.78 is 5.35. The highest BCUT2D eigenvalue weighted by atomic mass is 35.5. The summed E-state index contributed by atoms with van der Waals surface area (Å²) in [7, 11) is 1.42. The van der Waals surface area contributed by atoms with Crippen LogP contribution in [0, 0.1) is 0 Å². The molecule has 4 N–H and O–H groups in total. The van der Waals surface area contributed by atoms with Gasteiger partial charge in [0.25, 0.3) is 5.91 Å². The lowest BCUT2D eigenvalue weighted by Crippen LogP contribution is -2.49. The Morgan fingerprint density at radius 2 is 1.51 bits per heavy atom. The largest absolute Gasteiger partial charge is 0.456 e. The van der Waals surface area contributed by atoms with Gasteiger partial charge in [-0.2, -0.15) is 0 Å². The third-order valence-electron chi connectivity index (χ3n) is 5.60. The predicted octanol–water partition coefficient (Wildman–Crippen LogP) is 3.96. The number of rotatable bonds is 8. The van der Waals surface area contributed by atoms with Gasteiger partial charge in [-0.3, -0.25) is 19.2 Å². The Labute approximate surface area is 242 Å². The number of anilines is 2. The summed E-state index contributed by atoms with van der Waals surface area (Å²) in [5, 5.41) is 10.2. The van der Waals surface area contributed by atoms with Gasteiger partial charge in [0.2, 0.25) is 5.91 Å². The zero-order chi connectivity index (χ0) is 30.2. The molecule has 41 heavy (non-hydrogen) atoms. The Hall–Kier alpha value is -4.70. The van der Waals surface area contributed by atoms with E-state index in [1.807, 2.05) is 6.07 Å². The fourth-order valence-electron chi connectivity index (χ4n) is 3.67. The fraction of sp³-hybridized carbons (Fsp3) is 0.233. The number of benzene rings is 3. The van der Waals surface area contributed by atoms with Gasteiger partial charge in [-0.15, -0.1) is 0 Å². The SMILES string of the molecule is CNC(=O)c1ccc(Cl)cc1NC(=O)C(=O)N[C@@H](Cc1ccccc1)C(=O)Nc1ccc(C(=O)OC(C)(C)C)cc1. The molecule has 4 amide bonds. The van der Waals surface area contributed by atoms with Crippen LogP contribution in [-0.4, -0.2) is 48.3 Å². The molecule has 0 spiro atoms. The lowest BCUT2D eigenvalue weighted by Gasteiger charge is -2.20. The van der Waals surface area contributed by atoms with Gasteiger partial charge in [-0.05, 0) is 68.8 Å². The van der Waals surface area contributed by atoms with Crippen LogP contribution in [0.4, 0.5) is 11.4 Å². The van der Waals surface area contributed by atoms with E-state index in [9.17, 15) is 24.0 Å². The smallest absolute Gasteiger partial charge is 0.338 e. The molecule has 3 aromatic rings. The van der Waals surface area contributed by atoms with Crippen LogP contribution in [0.5, 0.6) is 0 Å². The van der Waals surface area contributed by atoms with E-state index >= 15 is 0 Å². The summed E-state index contributed by atoms with van der Waals surface area (Å²) in [4.78, 5) is 63.4. The lowest BCUT2D eigenvalue weighted by atomic mass is 10.0. The molecule has 214 valence electrons. The van der Waals surface area contributed by atoms with Gasteiger partial charge < -0.3 is 26.0 Å². The number of nitrogens with one attached hydrogen (secondary N) is 4. The lowest BCUT2D eigenvalue weighted by molar-refractivity contribution is -0.137. The average molecular weight is 579 g/mol. The second-order valence-corrected chi connectivity index (χ2v) is 10.4. The van der Waals surface area contributed by atoms with Crippen LogP contribution in [0.2, 0.25) is 5.02 Å². The van der Waals surface area contributed by atoms with Crippen LogP contribution in [0.3, 0.4) is 0 Å². The van der Waals surface area contributed by atoms with E-state index < -0.39 is 41.2 Å². The number of carbonyl (C=O) groups is 5. The summed E-state index contributed by atoms with van der Waals surface area (Å²) in [6.07, 6.45) is 0.0857. The normalized spacial score (nSPS) is 11.5. The molecule has 0 aliphatic rings. The van der Waals surface area contributed by atoms with Crippen molar-refractivity contribution in [2.45, 2.75) is 38.8 Å². The third-order valence-corrected chi connectivity index (χ3v) is 5.83. The number of halogens is 1. The molecule has 0 saturated heterocycles. The van der Waals surface area contributed by atoms with E-state index in [4.69, 9.17) is 16.3 Å². The molecule has 11 heteroatoms. The molecule has 0 fully saturated rings. The Morgan fingerprint density at radius 3 is 2.12 bits per heavy atom. The number of ether oxygens (including phenoxy) is 1. The molecule has 3 rings (SSSR count). The van der Waals surface area contributed by atoms with Gasteiger partial charge in [-0.25, -0.2) is 4.79 Å². The second-order valence-electron chi connectivity index (χ2n) is 10.0. The van der Waals surface area contributed by atoms with Gasteiger partial charge in [-0.1, -0.05) is 41.9 Å². The van der Waals surface area contributed by atoms with Crippen molar-refractivity contribution in [3.63, 3.8) is 0 Å². The van der Waals surface area contributed by atoms with Gasteiger partial charge >= 0.3 is 17.8 Å². The van der Waals surface area contributed by atoms with Crippen molar-refractivity contribution in [2.24, 2.45) is 0 Å². The molecule has 0 radical (unpaired) electrons. The van der Waals surface area contributed by atoms with Crippen molar-refractivity contribution in [3.8, 4) is 0 Å². The van der Waals surface area contributed by atoms with Crippen LogP contribution in [0.25, 0.3) is 0 Å². The second kappa shape index (κ2) is 13.6. The van der Waals surface area contributed by atoms with E-state index in [-0.39, 0.29) is 22.7 Å². The van der Waals surface area contributed by atoms with E-state index in [1.165, 1.54) is 49.5 Å². The molecule has 1 atom stereocenters. The minimum absolute atomic E-state index is 0.0335. The Morgan fingerprint density at radius 1 is 0.854 bits per heavy atom. The summed E-state index contributed by atoms with van der Waals surface area (Å²) >= 11 is 6.01. The van der Waals surface area contributed by atoms with Crippen molar-refractivity contribution in [3.05, 3.63) is 94.5 Å². The average Bonchev–Trinajstić information content (AvgIpc) is 2.92. The predicted molar refractivity (Wildman–Crippen MR) is 156 cm³/mol. The number of hydrogen-bond acceptors (Lipinski definition) is 6. The van der Waals surface area contributed by atoms with E-state index in [0.29, 0.717) is 11.3 Å². The van der Waals surface area contributed by atoms with Crippen LogP contribution in [0.15, 0.2) is 72.8 Å². The maximum Gasteiger partial charge on any atom is 0.338 e. The molecular weight excluding hydrogens is 548 g/mol. The van der Waals surface area contributed by atoms with Crippen LogP contribution >= 0.6 is 11.6 Å². The molecule has 0 aromatic heterocycles. The van der Waals surface area contributed by atoms with Crippen molar-refractivity contribution in [2.75, 3.05) is 17.7 Å². The van der Waals surface area contributed by atoms with Crippen LogP contribution < -0.4 is 21.3 Å². The first-order chi connectivity index (χ1) is 19.4. The van der Waals surface area contributed by atoms with E-state index in [2.05, 4.69) is 21.3 Å². The fourth-order valence-corrected chi connectivity index (χ4v) is 3.84. The molecule has 3 aromatic carbocycles. The standard InChI is InChI=1S/C30H31ClN4O6/c1-30(2,3)41-29(40)19-10-13-21(14-11-19)33-26(37)24(16-18-8-6-5-7-9-18)35-28(39)27(38)34-23-17-20(31)12-15-22(23)25(36)32-4/h5-15,17,24H,16H2,1-4H3,(H,32,36)(H,33,37)(H,34,38)(H,35,39)/t24-/m0/s1. The zero-order valence-electron chi connectivity index (χ0n) is 23.0. The van der Waals surface area contributed by atoms with E-state index in [1.54, 1.807) is 45.0 Å². The van der Waals surface area contributed by atoms with Crippen molar-refractivity contribution in [1.29, 1.82) is 0 Å². The summed E-state index contributed by atoms with van der Waals surface area (Å²) in [5.41, 5.74) is 0.896. The van der Waals surface area contributed by atoms with Gasteiger partial charge in [0.15, 0.2) is 0 Å². The Kier molecular flexibility index (Phi) is 10.2. The Bertz CT molecular complexity index is 1440. The molecule has 0 aliphatic carbocycles. The van der Waals surface area contributed by atoms with Crippen LogP contribution in [-0.2, 0) is 25.5 Å². The van der Waals surface area contributed by atoms with Crippen molar-refractivity contribution in [1.82, 2.24) is 10.6 Å². The number of esters is 1. The van der Waals surface area contributed by atoms with Gasteiger partial charge in [0.05, 0.1) is 16.8 Å². The van der Waals surface area contributed by atoms with Gasteiger partial charge in [0, 0.05) is 24.2 Å². The zero-order valence-corrected chi connectivity index (χ0v) is 23.8. The van der Waals surface area contributed by atoms with Crippen LogP contribution in [0.1, 0.15) is 47.1 Å². The maximum absolute atomic E-state index is 13.2. The molecule has 0 unspecified atom stereocenters. The molecule has 10 nitrogen and oxygen atoms in total. The monoisotopic (exact) mass is 578 g/mol. The summed E-state index contributed by atoms with van der Waals surface area (Å²) in [5.74, 6) is -3.77. The minimum Gasteiger partial charge on any atom is -0.456 e. The molecule has 0 heterocycles. The molecule has 0 bridgehead atoms. The Balaban J connectivity index is 1.76. The third kappa shape index (κ3) is 9.18. The minimum atomic E-state index is -1.14. The highest BCUT2D eigenvalue weighted by Crippen LogP contribution is 2.21. The number of carbonyl (C=O) groups excluding carboxylic acids is 5. The quantitative estimate of drug-likeness (QED) is 0.235. The first-order valence-electron chi connectivity index (χ1n) is 12.7. The summed E-state index contributed by atoms with van der Waals surface area (Å²) in [6, 6.07) is 18.1. The van der Waals surface area contributed by atoms with E-state index in [0.717, 1.165) is 5.56 Å².